The Kier molecular flexibility index (Phi) is 5.22. The van der Waals surface area contributed by atoms with Crippen LogP contribution in [0.25, 0.3) is 0 Å². The van der Waals surface area contributed by atoms with Crippen molar-refractivity contribution < 1.29 is 9.53 Å². The Morgan fingerprint density at radius 3 is 2.63 bits per heavy atom. The van der Waals surface area contributed by atoms with Crippen LogP contribution < -0.4 is 10.1 Å². The van der Waals surface area contributed by atoms with Gasteiger partial charge >= 0.3 is 6.09 Å². The van der Waals surface area contributed by atoms with Crippen LogP contribution in [0.3, 0.4) is 0 Å². The number of ether oxygens (including phenoxy) is 1. The van der Waals surface area contributed by atoms with Crippen LogP contribution in [0.1, 0.15) is 12.8 Å². The Labute approximate surface area is 122 Å². The molecule has 1 aromatic carbocycles. The largest absolute Gasteiger partial charge is 0.414 e. The predicted molar refractivity (Wildman–Crippen MR) is 78.4 cm³/mol. The van der Waals surface area contributed by atoms with E-state index < -0.39 is 0 Å². The highest BCUT2D eigenvalue weighted by Gasteiger charge is 2.19. The third-order valence-electron chi connectivity index (χ3n) is 3.32. The summed E-state index contributed by atoms with van der Waals surface area (Å²) in [5.74, 6) is 1.15. The molecule has 0 atom stereocenters. The molecule has 1 aliphatic heterocycles. The van der Waals surface area contributed by atoms with Gasteiger partial charge < -0.3 is 15.0 Å². The number of carbonyl (C=O) groups excluding carboxylic acids is 1. The van der Waals surface area contributed by atoms with Gasteiger partial charge in [-0.3, -0.25) is 0 Å². The molecule has 19 heavy (non-hydrogen) atoms. The third kappa shape index (κ3) is 4.51. The number of hydrogen-bond acceptors (Lipinski definition) is 3. The molecule has 0 bridgehead atoms. The minimum atomic E-state index is -0.291. The van der Waals surface area contributed by atoms with E-state index >= 15 is 0 Å². The number of nitrogens with one attached hydrogen (secondary N) is 1. The fraction of sp³-hybridized carbons (Fsp3) is 0.500. The predicted octanol–water partition coefficient (Wildman–Crippen LogP) is 2.88. The van der Waals surface area contributed by atoms with Gasteiger partial charge in [-0.05, 0) is 56.1 Å². The molecule has 1 N–H and O–H groups in total. The Morgan fingerprint density at radius 2 is 2.00 bits per heavy atom. The highest BCUT2D eigenvalue weighted by atomic mass is 79.9. The van der Waals surface area contributed by atoms with E-state index in [1.807, 2.05) is 12.1 Å². The second-order valence-corrected chi connectivity index (χ2v) is 5.81. The molecule has 0 saturated carbocycles. The lowest BCUT2D eigenvalue weighted by Gasteiger charge is -2.27. The molecule has 0 aromatic heterocycles. The first-order chi connectivity index (χ1) is 9.15. The lowest BCUT2D eigenvalue weighted by molar-refractivity contribution is 0.151. The molecule has 0 aliphatic carbocycles. The van der Waals surface area contributed by atoms with E-state index in [4.69, 9.17) is 4.74 Å². The first-order valence-electron chi connectivity index (χ1n) is 6.54. The highest BCUT2D eigenvalue weighted by Crippen LogP contribution is 2.18. The van der Waals surface area contributed by atoms with Crippen molar-refractivity contribution in [1.82, 2.24) is 10.2 Å². The van der Waals surface area contributed by atoms with Crippen LogP contribution in [-0.2, 0) is 0 Å². The number of benzene rings is 1. The number of rotatable bonds is 3. The summed E-state index contributed by atoms with van der Waals surface area (Å²) in [5.41, 5.74) is 0. The summed E-state index contributed by atoms with van der Waals surface area (Å²) in [6, 6.07) is 7.27. The van der Waals surface area contributed by atoms with Crippen molar-refractivity contribution >= 4 is 22.0 Å². The van der Waals surface area contributed by atoms with Crippen molar-refractivity contribution in [3.63, 3.8) is 0 Å². The van der Waals surface area contributed by atoms with Gasteiger partial charge in [0.15, 0.2) is 0 Å². The zero-order chi connectivity index (χ0) is 13.7. The number of nitrogens with zero attached hydrogens (tertiary/aromatic N) is 1. The highest BCUT2D eigenvalue weighted by molar-refractivity contribution is 9.10. The van der Waals surface area contributed by atoms with Gasteiger partial charge in [0.1, 0.15) is 5.75 Å². The van der Waals surface area contributed by atoms with Crippen molar-refractivity contribution in [2.75, 3.05) is 26.7 Å². The molecule has 1 heterocycles. The summed E-state index contributed by atoms with van der Waals surface area (Å²) in [6.07, 6.45) is 1.95. The molecule has 0 spiro atoms. The second-order valence-electron chi connectivity index (χ2n) is 4.90. The molecule has 1 aliphatic rings. The molecule has 0 unspecified atom stereocenters. The third-order valence-corrected chi connectivity index (χ3v) is 3.85. The van der Waals surface area contributed by atoms with Gasteiger partial charge in [-0.1, -0.05) is 15.9 Å². The maximum atomic E-state index is 11.9. The Hall–Kier alpha value is -1.07. The normalized spacial score (nSPS) is 16.1. The van der Waals surface area contributed by atoms with Gasteiger partial charge in [-0.25, -0.2) is 4.79 Å². The van der Waals surface area contributed by atoms with Crippen molar-refractivity contribution in [3.05, 3.63) is 28.7 Å². The molecule has 1 amide bonds. The van der Waals surface area contributed by atoms with Gasteiger partial charge in [0.25, 0.3) is 0 Å². The number of hydrogen-bond donors (Lipinski definition) is 1. The molecule has 5 heteroatoms. The molecule has 4 nitrogen and oxygen atoms in total. The molecular formula is C14H19BrN2O2. The Morgan fingerprint density at radius 1 is 1.37 bits per heavy atom. The Balaban J connectivity index is 1.83. The molecule has 1 aromatic rings. The van der Waals surface area contributed by atoms with Crippen LogP contribution in [-0.4, -0.2) is 37.7 Å². The van der Waals surface area contributed by atoms with E-state index in [2.05, 4.69) is 21.2 Å². The Bertz CT molecular complexity index is 416. The van der Waals surface area contributed by atoms with Crippen molar-refractivity contribution in [1.29, 1.82) is 0 Å². The van der Waals surface area contributed by atoms with Crippen LogP contribution >= 0.6 is 15.9 Å². The average molecular weight is 327 g/mol. The zero-order valence-electron chi connectivity index (χ0n) is 11.1. The fourth-order valence-electron chi connectivity index (χ4n) is 2.21. The molecular weight excluding hydrogens is 308 g/mol. The van der Waals surface area contributed by atoms with Gasteiger partial charge in [0, 0.05) is 18.1 Å². The van der Waals surface area contributed by atoms with E-state index in [0.717, 1.165) is 36.9 Å². The summed E-state index contributed by atoms with van der Waals surface area (Å²) in [6.45, 7) is 2.84. The molecule has 104 valence electrons. The summed E-state index contributed by atoms with van der Waals surface area (Å²) in [4.78, 5) is 13.6. The number of piperidine rings is 1. The maximum Gasteiger partial charge on any atom is 0.414 e. The number of amides is 1. The minimum absolute atomic E-state index is 0.291. The smallest absolute Gasteiger partial charge is 0.410 e. The minimum Gasteiger partial charge on any atom is -0.410 e. The van der Waals surface area contributed by atoms with E-state index in [-0.39, 0.29) is 6.09 Å². The average Bonchev–Trinajstić information content (AvgIpc) is 2.42. The molecule has 0 radical (unpaired) electrons. The SMILES string of the molecule is CN(CC1CCNCC1)C(=O)Oc1ccc(Br)cc1. The van der Waals surface area contributed by atoms with Gasteiger partial charge in [-0.15, -0.1) is 0 Å². The second kappa shape index (κ2) is 6.91. The van der Waals surface area contributed by atoms with E-state index in [1.54, 1.807) is 24.1 Å². The standard InChI is InChI=1S/C14H19BrN2O2/c1-17(10-11-6-8-16-9-7-11)14(18)19-13-4-2-12(15)3-5-13/h2-5,11,16H,6-10H2,1H3. The summed E-state index contributed by atoms with van der Waals surface area (Å²) in [5, 5.41) is 3.32. The summed E-state index contributed by atoms with van der Waals surface area (Å²) < 4.78 is 6.29. The first-order valence-corrected chi connectivity index (χ1v) is 7.33. The fourth-order valence-corrected chi connectivity index (χ4v) is 2.47. The topological polar surface area (TPSA) is 41.6 Å². The van der Waals surface area contributed by atoms with Crippen molar-refractivity contribution in [2.24, 2.45) is 5.92 Å². The quantitative estimate of drug-likeness (QED) is 0.928. The molecule has 1 fully saturated rings. The van der Waals surface area contributed by atoms with Crippen LogP contribution in [0.2, 0.25) is 0 Å². The van der Waals surface area contributed by atoms with Gasteiger partial charge in [0.05, 0.1) is 0 Å². The van der Waals surface area contributed by atoms with Gasteiger partial charge in [0.2, 0.25) is 0 Å². The first kappa shape index (κ1) is 14.3. The number of halogens is 1. The molecule has 1 saturated heterocycles. The van der Waals surface area contributed by atoms with E-state index in [0.29, 0.717) is 11.7 Å². The number of carbonyl (C=O) groups is 1. The van der Waals surface area contributed by atoms with Crippen LogP contribution in [0.15, 0.2) is 28.7 Å². The van der Waals surface area contributed by atoms with Gasteiger partial charge in [-0.2, -0.15) is 0 Å². The lowest BCUT2D eigenvalue weighted by Crippen LogP contribution is -2.38. The summed E-state index contributed by atoms with van der Waals surface area (Å²) in [7, 11) is 1.79. The van der Waals surface area contributed by atoms with Crippen molar-refractivity contribution in [3.8, 4) is 5.75 Å². The van der Waals surface area contributed by atoms with Crippen LogP contribution in [0, 0.1) is 5.92 Å². The summed E-state index contributed by atoms with van der Waals surface area (Å²) >= 11 is 3.35. The van der Waals surface area contributed by atoms with E-state index in [1.165, 1.54) is 0 Å². The van der Waals surface area contributed by atoms with Crippen LogP contribution in [0.4, 0.5) is 4.79 Å². The molecule has 2 rings (SSSR count). The van der Waals surface area contributed by atoms with E-state index in [9.17, 15) is 4.79 Å². The monoisotopic (exact) mass is 326 g/mol. The zero-order valence-corrected chi connectivity index (χ0v) is 12.6. The maximum absolute atomic E-state index is 11.9. The lowest BCUT2D eigenvalue weighted by atomic mass is 9.98. The van der Waals surface area contributed by atoms with Crippen molar-refractivity contribution in [2.45, 2.75) is 12.8 Å². The van der Waals surface area contributed by atoms with Crippen LogP contribution in [0.5, 0.6) is 5.75 Å².